The fraction of sp³-hybridized carbons (Fsp3) is 0.368. The molecule has 0 saturated carbocycles. The third-order valence-electron chi connectivity index (χ3n) is 4.63. The van der Waals surface area contributed by atoms with E-state index in [1.165, 1.54) is 5.56 Å². The number of rotatable bonds is 6. The van der Waals surface area contributed by atoms with Gasteiger partial charge in [-0.05, 0) is 49.2 Å². The Morgan fingerprint density at radius 1 is 1.20 bits per heavy atom. The van der Waals surface area contributed by atoms with Crippen LogP contribution < -0.4 is 11.1 Å². The molecule has 1 fully saturated rings. The fourth-order valence-corrected chi connectivity index (χ4v) is 3.17. The average molecular weight is 339 g/mol. The van der Waals surface area contributed by atoms with Crippen LogP contribution in [0.3, 0.4) is 0 Å². The molecular weight excluding hydrogens is 314 g/mol. The molecule has 1 saturated heterocycles. The topological polar surface area (TPSA) is 86.8 Å². The van der Waals surface area contributed by atoms with E-state index in [4.69, 9.17) is 10.9 Å². The van der Waals surface area contributed by atoms with Gasteiger partial charge in [0.2, 0.25) is 0 Å². The fourth-order valence-electron chi connectivity index (χ4n) is 3.17. The lowest BCUT2D eigenvalue weighted by atomic mass is 10.0. The molecule has 132 valence electrons. The summed E-state index contributed by atoms with van der Waals surface area (Å²) in [5.74, 6) is 0.0380. The van der Waals surface area contributed by atoms with Crippen molar-refractivity contribution >= 4 is 5.84 Å². The van der Waals surface area contributed by atoms with E-state index in [-0.39, 0.29) is 5.84 Å². The first-order chi connectivity index (χ1) is 12.2. The van der Waals surface area contributed by atoms with Crippen LogP contribution in [0.5, 0.6) is 0 Å². The molecule has 0 spiro atoms. The summed E-state index contributed by atoms with van der Waals surface area (Å²) in [6, 6.07) is 15.0. The average Bonchev–Trinajstić information content (AvgIpc) is 2.68. The van der Waals surface area contributed by atoms with Crippen LogP contribution in [0.2, 0.25) is 0 Å². The van der Waals surface area contributed by atoms with E-state index in [1.807, 2.05) is 12.1 Å². The van der Waals surface area contributed by atoms with Gasteiger partial charge in [0, 0.05) is 25.3 Å². The van der Waals surface area contributed by atoms with E-state index < -0.39 is 0 Å². The standard InChI is InChI=1S/C19H25N5O/c20-19(23-25)18-12-16(6-9-21-18)13-22-17-7-10-24(11-8-17)14-15-4-2-1-3-5-15/h1-6,9,12,17,22,25H,7-8,10-11,13-14H2,(H2,20,23). The first-order valence-electron chi connectivity index (χ1n) is 8.67. The van der Waals surface area contributed by atoms with E-state index in [0.717, 1.165) is 44.6 Å². The van der Waals surface area contributed by atoms with Gasteiger partial charge >= 0.3 is 0 Å². The van der Waals surface area contributed by atoms with E-state index in [2.05, 4.69) is 50.7 Å². The Morgan fingerprint density at radius 2 is 1.96 bits per heavy atom. The smallest absolute Gasteiger partial charge is 0.188 e. The SMILES string of the molecule is N/C(=N/O)c1cc(CNC2CCN(Cc3ccccc3)CC2)ccn1. The number of oxime groups is 1. The molecule has 1 aromatic heterocycles. The van der Waals surface area contributed by atoms with Crippen LogP contribution >= 0.6 is 0 Å². The number of hydrogen-bond acceptors (Lipinski definition) is 5. The van der Waals surface area contributed by atoms with Crippen LogP contribution in [0.4, 0.5) is 0 Å². The summed E-state index contributed by atoms with van der Waals surface area (Å²) in [4.78, 5) is 6.61. The van der Waals surface area contributed by atoms with Crippen molar-refractivity contribution in [3.05, 3.63) is 65.5 Å². The maximum Gasteiger partial charge on any atom is 0.188 e. The van der Waals surface area contributed by atoms with Crippen LogP contribution in [0.1, 0.15) is 29.7 Å². The van der Waals surface area contributed by atoms with Crippen molar-refractivity contribution in [3.8, 4) is 0 Å². The van der Waals surface area contributed by atoms with E-state index in [0.29, 0.717) is 11.7 Å². The van der Waals surface area contributed by atoms with Gasteiger partial charge in [-0.1, -0.05) is 35.5 Å². The molecule has 0 bridgehead atoms. The molecule has 1 aromatic carbocycles. The Labute approximate surface area is 148 Å². The number of nitrogens with zero attached hydrogens (tertiary/aromatic N) is 3. The van der Waals surface area contributed by atoms with Crippen LogP contribution in [-0.2, 0) is 13.1 Å². The maximum atomic E-state index is 8.75. The molecule has 6 nitrogen and oxygen atoms in total. The highest BCUT2D eigenvalue weighted by atomic mass is 16.4. The van der Waals surface area contributed by atoms with Crippen LogP contribution in [-0.4, -0.2) is 40.1 Å². The van der Waals surface area contributed by atoms with Gasteiger partial charge in [0.25, 0.3) is 0 Å². The minimum absolute atomic E-state index is 0.0380. The number of likely N-dealkylation sites (tertiary alicyclic amines) is 1. The number of hydrogen-bond donors (Lipinski definition) is 3. The minimum atomic E-state index is 0.0380. The Balaban J connectivity index is 1.45. The molecule has 1 aliphatic rings. The van der Waals surface area contributed by atoms with E-state index in [9.17, 15) is 0 Å². The summed E-state index contributed by atoms with van der Waals surface area (Å²) in [6.07, 6.45) is 3.98. The lowest BCUT2D eigenvalue weighted by Crippen LogP contribution is -2.41. The third-order valence-corrected chi connectivity index (χ3v) is 4.63. The largest absolute Gasteiger partial charge is 0.409 e. The number of piperidine rings is 1. The molecule has 3 rings (SSSR count). The second-order valence-corrected chi connectivity index (χ2v) is 6.45. The molecule has 0 unspecified atom stereocenters. The van der Waals surface area contributed by atoms with Crippen LogP contribution in [0.15, 0.2) is 53.8 Å². The van der Waals surface area contributed by atoms with Crippen molar-refractivity contribution in [2.45, 2.75) is 32.0 Å². The maximum absolute atomic E-state index is 8.75. The molecule has 2 aromatic rings. The summed E-state index contributed by atoms with van der Waals surface area (Å²) in [5.41, 5.74) is 8.55. The molecule has 4 N–H and O–H groups in total. The van der Waals surface area contributed by atoms with Gasteiger partial charge in [0.15, 0.2) is 5.84 Å². The molecule has 0 aliphatic carbocycles. The molecule has 0 atom stereocenters. The number of pyridine rings is 1. The number of aromatic nitrogens is 1. The molecule has 0 amide bonds. The number of amidine groups is 1. The van der Waals surface area contributed by atoms with Gasteiger partial charge in [-0.15, -0.1) is 0 Å². The van der Waals surface area contributed by atoms with Crippen molar-refractivity contribution in [2.75, 3.05) is 13.1 Å². The Morgan fingerprint density at radius 3 is 2.68 bits per heavy atom. The Hall–Kier alpha value is -2.44. The molecule has 1 aliphatic heterocycles. The summed E-state index contributed by atoms with van der Waals surface area (Å²) >= 11 is 0. The molecule has 0 radical (unpaired) electrons. The van der Waals surface area contributed by atoms with E-state index in [1.54, 1.807) is 6.20 Å². The van der Waals surface area contributed by atoms with Crippen molar-refractivity contribution in [1.29, 1.82) is 0 Å². The molecule has 25 heavy (non-hydrogen) atoms. The molecule has 6 heteroatoms. The summed E-state index contributed by atoms with van der Waals surface area (Å²) in [7, 11) is 0. The highest BCUT2D eigenvalue weighted by molar-refractivity contribution is 5.95. The first kappa shape index (κ1) is 17.4. The number of benzene rings is 1. The summed E-state index contributed by atoms with van der Waals surface area (Å²) in [5, 5.41) is 15.4. The minimum Gasteiger partial charge on any atom is -0.409 e. The summed E-state index contributed by atoms with van der Waals surface area (Å²) < 4.78 is 0. The van der Waals surface area contributed by atoms with Gasteiger partial charge in [-0.25, -0.2) is 0 Å². The second kappa shape index (κ2) is 8.60. The van der Waals surface area contributed by atoms with Crippen LogP contribution in [0, 0.1) is 0 Å². The predicted octanol–water partition coefficient (Wildman–Crippen LogP) is 1.93. The third kappa shape index (κ3) is 5.01. The summed E-state index contributed by atoms with van der Waals surface area (Å²) in [6.45, 7) is 4.01. The Bertz CT molecular complexity index is 696. The lowest BCUT2D eigenvalue weighted by molar-refractivity contribution is 0.190. The van der Waals surface area contributed by atoms with Gasteiger partial charge in [-0.2, -0.15) is 0 Å². The van der Waals surface area contributed by atoms with Gasteiger partial charge < -0.3 is 16.3 Å². The van der Waals surface area contributed by atoms with Crippen molar-refractivity contribution in [2.24, 2.45) is 10.9 Å². The highest BCUT2D eigenvalue weighted by Gasteiger charge is 2.18. The molecule has 2 heterocycles. The highest BCUT2D eigenvalue weighted by Crippen LogP contribution is 2.14. The quantitative estimate of drug-likeness (QED) is 0.324. The van der Waals surface area contributed by atoms with Gasteiger partial charge in [-0.3, -0.25) is 9.88 Å². The van der Waals surface area contributed by atoms with Crippen molar-refractivity contribution in [1.82, 2.24) is 15.2 Å². The predicted molar refractivity (Wildman–Crippen MR) is 98.3 cm³/mol. The normalized spacial score (nSPS) is 16.9. The molecular formula is C19H25N5O. The number of nitrogens with two attached hydrogens (primary N) is 1. The Kier molecular flexibility index (Phi) is 5.98. The first-order valence-corrected chi connectivity index (χ1v) is 8.67. The van der Waals surface area contributed by atoms with Crippen molar-refractivity contribution < 1.29 is 5.21 Å². The zero-order valence-electron chi connectivity index (χ0n) is 14.3. The van der Waals surface area contributed by atoms with Gasteiger partial charge in [0.05, 0.1) is 0 Å². The van der Waals surface area contributed by atoms with Crippen LogP contribution in [0.25, 0.3) is 0 Å². The zero-order valence-corrected chi connectivity index (χ0v) is 14.3. The van der Waals surface area contributed by atoms with Crippen molar-refractivity contribution in [3.63, 3.8) is 0 Å². The van der Waals surface area contributed by atoms with E-state index >= 15 is 0 Å². The monoisotopic (exact) mass is 339 g/mol. The second-order valence-electron chi connectivity index (χ2n) is 6.45. The lowest BCUT2D eigenvalue weighted by Gasteiger charge is -2.32. The number of nitrogens with one attached hydrogen (secondary N) is 1. The zero-order chi connectivity index (χ0) is 17.5. The van der Waals surface area contributed by atoms with Gasteiger partial charge in [0.1, 0.15) is 5.69 Å².